The molecule has 0 saturated carbocycles. The van der Waals surface area contributed by atoms with Crippen molar-refractivity contribution in [3.05, 3.63) is 45.7 Å². The number of carbonyl (C=O) groups is 1. The molecule has 0 aliphatic carbocycles. The van der Waals surface area contributed by atoms with Gasteiger partial charge in [0.25, 0.3) is 5.91 Å². The Labute approximate surface area is 145 Å². The van der Waals surface area contributed by atoms with Crippen LogP contribution >= 0.6 is 15.9 Å². The van der Waals surface area contributed by atoms with Crippen LogP contribution in [0.5, 0.6) is 0 Å². The summed E-state index contributed by atoms with van der Waals surface area (Å²) in [5, 5.41) is 2.91. The quantitative estimate of drug-likeness (QED) is 0.857. The second kappa shape index (κ2) is 7.55. The van der Waals surface area contributed by atoms with Gasteiger partial charge in [0, 0.05) is 28.9 Å². The van der Waals surface area contributed by atoms with Gasteiger partial charge >= 0.3 is 0 Å². The van der Waals surface area contributed by atoms with E-state index in [1.807, 2.05) is 50.8 Å². The Bertz CT molecular complexity index is 714. The number of aryl methyl sites for hydroxylation is 2. The van der Waals surface area contributed by atoms with E-state index in [0.717, 1.165) is 34.5 Å². The van der Waals surface area contributed by atoms with E-state index in [-0.39, 0.29) is 5.91 Å². The maximum absolute atomic E-state index is 12.5. The van der Waals surface area contributed by atoms with Crippen LogP contribution < -0.4 is 10.2 Å². The molecule has 23 heavy (non-hydrogen) atoms. The van der Waals surface area contributed by atoms with Crippen molar-refractivity contribution in [3.8, 4) is 0 Å². The van der Waals surface area contributed by atoms with Crippen molar-refractivity contribution >= 4 is 33.5 Å². The van der Waals surface area contributed by atoms with E-state index < -0.39 is 0 Å². The van der Waals surface area contributed by atoms with E-state index >= 15 is 0 Å². The van der Waals surface area contributed by atoms with Crippen LogP contribution in [0.2, 0.25) is 0 Å². The van der Waals surface area contributed by atoms with Crippen LogP contribution in [0.4, 0.5) is 11.6 Å². The molecule has 2 aromatic rings. The van der Waals surface area contributed by atoms with E-state index in [0.29, 0.717) is 11.6 Å². The van der Waals surface area contributed by atoms with Crippen molar-refractivity contribution < 1.29 is 4.79 Å². The van der Waals surface area contributed by atoms with Crippen molar-refractivity contribution in [3.63, 3.8) is 0 Å². The average molecular weight is 377 g/mol. The Morgan fingerprint density at radius 2 is 1.87 bits per heavy atom. The lowest BCUT2D eigenvalue weighted by Gasteiger charge is -2.19. The van der Waals surface area contributed by atoms with Crippen LogP contribution in [-0.4, -0.2) is 29.0 Å². The van der Waals surface area contributed by atoms with Gasteiger partial charge in [0.15, 0.2) is 0 Å². The molecule has 1 aromatic carbocycles. The molecule has 0 spiro atoms. The maximum Gasteiger partial charge on any atom is 0.274 e. The SMILES string of the molecule is CCN(CC)c1nc(C)cc(C(=O)Nc2ccc(Br)cc2C)n1. The third-order valence-electron chi connectivity index (χ3n) is 3.56. The molecule has 1 N–H and O–H groups in total. The number of hydrogen-bond donors (Lipinski definition) is 1. The topological polar surface area (TPSA) is 58.1 Å². The van der Waals surface area contributed by atoms with E-state index in [1.54, 1.807) is 6.07 Å². The van der Waals surface area contributed by atoms with Crippen molar-refractivity contribution in [2.75, 3.05) is 23.3 Å². The number of carbonyl (C=O) groups excluding carboxylic acids is 1. The highest BCUT2D eigenvalue weighted by atomic mass is 79.9. The number of hydrogen-bond acceptors (Lipinski definition) is 4. The zero-order valence-electron chi connectivity index (χ0n) is 13.9. The Morgan fingerprint density at radius 3 is 2.48 bits per heavy atom. The summed E-state index contributed by atoms with van der Waals surface area (Å²) in [6.45, 7) is 9.50. The number of nitrogens with zero attached hydrogens (tertiary/aromatic N) is 3. The van der Waals surface area contributed by atoms with Gasteiger partial charge in [-0.1, -0.05) is 15.9 Å². The van der Waals surface area contributed by atoms with E-state index in [4.69, 9.17) is 0 Å². The maximum atomic E-state index is 12.5. The van der Waals surface area contributed by atoms with Gasteiger partial charge in [-0.3, -0.25) is 4.79 Å². The molecule has 0 fully saturated rings. The minimum atomic E-state index is -0.227. The fraction of sp³-hybridized carbons (Fsp3) is 0.353. The van der Waals surface area contributed by atoms with Crippen molar-refractivity contribution in [1.29, 1.82) is 0 Å². The standard InChI is InChI=1S/C17H21BrN4O/c1-5-22(6-2)17-19-12(4)10-15(21-17)16(23)20-14-8-7-13(18)9-11(14)3/h7-10H,5-6H2,1-4H3,(H,20,23). The second-order valence-corrected chi connectivity index (χ2v) is 6.20. The lowest BCUT2D eigenvalue weighted by Crippen LogP contribution is -2.26. The number of aromatic nitrogens is 2. The molecule has 0 radical (unpaired) electrons. The molecule has 6 heteroatoms. The highest BCUT2D eigenvalue weighted by Crippen LogP contribution is 2.21. The second-order valence-electron chi connectivity index (χ2n) is 5.28. The highest BCUT2D eigenvalue weighted by molar-refractivity contribution is 9.10. The molecule has 0 bridgehead atoms. The molecule has 0 aliphatic rings. The molecule has 0 aliphatic heterocycles. The van der Waals surface area contributed by atoms with Crippen LogP contribution in [-0.2, 0) is 0 Å². The van der Waals surface area contributed by atoms with Gasteiger partial charge < -0.3 is 10.2 Å². The van der Waals surface area contributed by atoms with Gasteiger partial charge in [-0.05, 0) is 57.5 Å². The number of benzene rings is 1. The largest absolute Gasteiger partial charge is 0.341 e. The molecule has 0 unspecified atom stereocenters. The van der Waals surface area contributed by atoms with Crippen LogP contribution in [0.25, 0.3) is 0 Å². The summed E-state index contributed by atoms with van der Waals surface area (Å²) in [6, 6.07) is 7.44. The first-order valence-corrected chi connectivity index (χ1v) is 8.42. The first kappa shape index (κ1) is 17.4. The molecule has 0 saturated heterocycles. The summed E-state index contributed by atoms with van der Waals surface area (Å²) in [5.74, 6) is 0.363. The molecule has 5 nitrogen and oxygen atoms in total. The van der Waals surface area contributed by atoms with Gasteiger partial charge in [-0.25, -0.2) is 9.97 Å². The lowest BCUT2D eigenvalue weighted by atomic mass is 10.2. The zero-order chi connectivity index (χ0) is 17.0. The summed E-state index contributed by atoms with van der Waals surface area (Å²) in [7, 11) is 0. The van der Waals surface area contributed by atoms with Gasteiger partial charge in [0.05, 0.1) is 0 Å². The summed E-state index contributed by atoms with van der Waals surface area (Å²) in [5.41, 5.74) is 2.92. The fourth-order valence-corrected chi connectivity index (χ4v) is 2.75. The fourth-order valence-electron chi connectivity index (χ4n) is 2.27. The number of rotatable bonds is 5. The summed E-state index contributed by atoms with van der Waals surface area (Å²) in [6.07, 6.45) is 0. The van der Waals surface area contributed by atoms with Gasteiger partial charge in [-0.2, -0.15) is 0 Å². The predicted molar refractivity (Wildman–Crippen MR) is 97.2 cm³/mol. The molecule has 1 heterocycles. The number of halogens is 1. The molecule has 2 rings (SSSR count). The lowest BCUT2D eigenvalue weighted by molar-refractivity contribution is 0.102. The van der Waals surface area contributed by atoms with Crippen LogP contribution in [0.1, 0.15) is 35.6 Å². The predicted octanol–water partition coefficient (Wildman–Crippen LogP) is 3.95. The van der Waals surface area contributed by atoms with Crippen molar-refractivity contribution in [2.24, 2.45) is 0 Å². The van der Waals surface area contributed by atoms with Gasteiger partial charge in [0.2, 0.25) is 5.95 Å². The number of amides is 1. The molecule has 1 aromatic heterocycles. The smallest absolute Gasteiger partial charge is 0.274 e. The third-order valence-corrected chi connectivity index (χ3v) is 4.05. The molecule has 122 valence electrons. The van der Waals surface area contributed by atoms with Gasteiger partial charge in [0.1, 0.15) is 5.69 Å². The minimum absolute atomic E-state index is 0.227. The summed E-state index contributed by atoms with van der Waals surface area (Å²) >= 11 is 3.42. The van der Waals surface area contributed by atoms with Crippen molar-refractivity contribution in [1.82, 2.24) is 9.97 Å². The first-order valence-electron chi connectivity index (χ1n) is 7.62. The van der Waals surface area contributed by atoms with Gasteiger partial charge in [-0.15, -0.1) is 0 Å². The molecule has 1 amide bonds. The normalized spacial score (nSPS) is 10.5. The highest BCUT2D eigenvalue weighted by Gasteiger charge is 2.14. The third kappa shape index (κ3) is 4.28. The van der Waals surface area contributed by atoms with Crippen LogP contribution in [0.15, 0.2) is 28.7 Å². The zero-order valence-corrected chi connectivity index (χ0v) is 15.4. The Kier molecular flexibility index (Phi) is 5.71. The van der Waals surface area contributed by atoms with E-state index in [1.165, 1.54) is 0 Å². The Hall–Kier alpha value is -1.95. The average Bonchev–Trinajstić information content (AvgIpc) is 2.50. The number of anilines is 2. The number of nitrogens with one attached hydrogen (secondary N) is 1. The van der Waals surface area contributed by atoms with Crippen molar-refractivity contribution in [2.45, 2.75) is 27.7 Å². The summed E-state index contributed by atoms with van der Waals surface area (Å²) in [4.78, 5) is 23.4. The Balaban J connectivity index is 2.28. The molecule has 0 atom stereocenters. The first-order chi connectivity index (χ1) is 10.9. The Morgan fingerprint density at radius 1 is 1.17 bits per heavy atom. The van der Waals surface area contributed by atoms with Crippen LogP contribution in [0.3, 0.4) is 0 Å². The molecular weight excluding hydrogens is 356 g/mol. The van der Waals surface area contributed by atoms with E-state index in [9.17, 15) is 4.79 Å². The van der Waals surface area contributed by atoms with Crippen LogP contribution in [0, 0.1) is 13.8 Å². The monoisotopic (exact) mass is 376 g/mol. The summed E-state index contributed by atoms with van der Waals surface area (Å²) < 4.78 is 0.981. The minimum Gasteiger partial charge on any atom is -0.341 e. The molecular formula is C17H21BrN4O. The van der Waals surface area contributed by atoms with E-state index in [2.05, 4.69) is 31.2 Å².